The first-order valence-corrected chi connectivity index (χ1v) is 7.01. The van der Waals surface area contributed by atoms with Crippen LogP contribution in [0.25, 0.3) is 10.9 Å². The maximum Gasteiger partial charge on any atom is 0.0497 e. The Morgan fingerprint density at radius 2 is 2.18 bits per heavy atom. The summed E-state index contributed by atoms with van der Waals surface area (Å²) in [5.41, 5.74) is 8.65. The molecule has 1 aromatic heterocycles. The third-order valence-electron chi connectivity index (χ3n) is 3.79. The lowest BCUT2D eigenvalue weighted by molar-refractivity contribution is 0.321. The van der Waals surface area contributed by atoms with Crippen molar-refractivity contribution < 1.29 is 0 Å². The van der Waals surface area contributed by atoms with Crippen LogP contribution in [0.5, 0.6) is 0 Å². The Morgan fingerprint density at radius 3 is 2.76 bits per heavy atom. The molecule has 1 aliphatic carbocycles. The fraction of sp³-hybridized carbons (Fsp3) is 0.429. The third kappa shape index (κ3) is 1.81. The Hall–Kier alpha value is -0.800. The number of hydrogen-bond donors (Lipinski definition) is 1. The van der Waals surface area contributed by atoms with Crippen LogP contribution in [0.4, 0.5) is 0 Å². The van der Waals surface area contributed by atoms with Crippen molar-refractivity contribution in [3.63, 3.8) is 0 Å². The Bertz CT molecular complexity index is 553. The van der Waals surface area contributed by atoms with Crippen LogP contribution in [0.1, 0.15) is 43.8 Å². The molecule has 1 aliphatic rings. The topological polar surface area (TPSA) is 30.9 Å². The lowest BCUT2D eigenvalue weighted by Crippen LogP contribution is -2.16. The molecule has 1 fully saturated rings. The normalized spacial score (nSPS) is 18.3. The number of benzene rings is 1. The van der Waals surface area contributed by atoms with Gasteiger partial charge in [-0.1, -0.05) is 22.0 Å². The zero-order chi connectivity index (χ0) is 12.0. The zero-order valence-corrected chi connectivity index (χ0v) is 11.6. The van der Waals surface area contributed by atoms with Crippen LogP contribution in [0.3, 0.4) is 0 Å². The van der Waals surface area contributed by atoms with Gasteiger partial charge in [-0.05, 0) is 43.9 Å². The van der Waals surface area contributed by atoms with Crippen molar-refractivity contribution in [3.8, 4) is 0 Å². The van der Waals surface area contributed by atoms with E-state index in [1.165, 1.54) is 35.7 Å². The van der Waals surface area contributed by atoms with Gasteiger partial charge in [0.15, 0.2) is 0 Å². The fourth-order valence-electron chi connectivity index (χ4n) is 2.58. The highest BCUT2D eigenvalue weighted by molar-refractivity contribution is 9.10. The van der Waals surface area contributed by atoms with Gasteiger partial charge in [0.25, 0.3) is 0 Å². The lowest BCUT2D eigenvalue weighted by atomic mass is 9.93. The van der Waals surface area contributed by atoms with Crippen LogP contribution in [0.15, 0.2) is 28.9 Å². The first-order valence-electron chi connectivity index (χ1n) is 6.22. The van der Waals surface area contributed by atoms with E-state index in [2.05, 4.69) is 51.8 Å². The number of rotatable bonds is 2. The minimum absolute atomic E-state index is 0.0972. The number of nitrogens with two attached hydrogens (primary N) is 1. The number of nitrogens with zero attached hydrogens (tertiary/aromatic N) is 1. The molecule has 0 bridgehead atoms. The molecule has 0 saturated heterocycles. The number of aromatic nitrogens is 1. The van der Waals surface area contributed by atoms with E-state index in [1.807, 2.05) is 0 Å². The molecule has 0 aliphatic heterocycles. The molecule has 3 heteroatoms. The van der Waals surface area contributed by atoms with Crippen LogP contribution < -0.4 is 5.73 Å². The fourth-order valence-corrected chi connectivity index (χ4v) is 2.93. The highest BCUT2D eigenvalue weighted by atomic mass is 79.9. The van der Waals surface area contributed by atoms with Gasteiger partial charge in [-0.2, -0.15) is 0 Å². The summed E-state index contributed by atoms with van der Waals surface area (Å²) in [5, 5.41) is 1.30. The Balaban J connectivity index is 2.22. The molecule has 0 unspecified atom stereocenters. The summed E-state index contributed by atoms with van der Waals surface area (Å²) in [6.45, 7) is 2.06. The second-order valence-electron chi connectivity index (χ2n) is 5.03. The first-order chi connectivity index (χ1) is 8.16. The monoisotopic (exact) mass is 292 g/mol. The predicted octanol–water partition coefficient (Wildman–Crippen LogP) is 4.15. The van der Waals surface area contributed by atoms with Gasteiger partial charge in [-0.25, -0.2) is 0 Å². The standard InChI is InChI=1S/C14H17BrN2/c1-9(16)13-8-17(11-3-2-4-11)14-7-10(15)5-6-12(13)14/h5-9,11H,2-4,16H2,1H3/t9-/m1/s1. The van der Waals surface area contributed by atoms with Crippen LogP contribution in [-0.4, -0.2) is 4.57 Å². The van der Waals surface area contributed by atoms with Crippen molar-refractivity contribution in [1.29, 1.82) is 0 Å². The van der Waals surface area contributed by atoms with E-state index in [1.54, 1.807) is 0 Å². The van der Waals surface area contributed by atoms with E-state index in [0.29, 0.717) is 6.04 Å². The molecule has 90 valence electrons. The van der Waals surface area contributed by atoms with Crippen LogP contribution in [-0.2, 0) is 0 Å². The SMILES string of the molecule is C[C@@H](N)c1cn(C2CCC2)c2cc(Br)ccc12. The molecule has 3 rings (SSSR count). The summed E-state index contributed by atoms with van der Waals surface area (Å²) in [5.74, 6) is 0. The van der Waals surface area contributed by atoms with Gasteiger partial charge in [0.05, 0.1) is 0 Å². The molecule has 2 nitrogen and oxygen atoms in total. The minimum Gasteiger partial charge on any atom is -0.344 e. The Kier molecular flexibility index (Phi) is 2.75. The molecular formula is C14H17BrN2. The summed E-state index contributed by atoms with van der Waals surface area (Å²) < 4.78 is 3.56. The summed E-state index contributed by atoms with van der Waals surface area (Å²) in [7, 11) is 0. The smallest absolute Gasteiger partial charge is 0.0497 e. The van der Waals surface area contributed by atoms with Crippen LogP contribution >= 0.6 is 15.9 Å². The third-order valence-corrected chi connectivity index (χ3v) is 4.28. The molecule has 1 heterocycles. The van der Waals surface area contributed by atoms with Gasteiger partial charge in [0.1, 0.15) is 0 Å². The number of fused-ring (bicyclic) bond motifs is 1. The highest BCUT2D eigenvalue weighted by Gasteiger charge is 2.22. The van der Waals surface area contributed by atoms with E-state index in [0.717, 1.165) is 4.47 Å². The number of hydrogen-bond acceptors (Lipinski definition) is 1. The molecule has 0 amide bonds. The molecule has 1 saturated carbocycles. The molecule has 1 atom stereocenters. The molecule has 17 heavy (non-hydrogen) atoms. The average Bonchev–Trinajstić information content (AvgIpc) is 2.55. The highest BCUT2D eigenvalue weighted by Crippen LogP contribution is 2.37. The maximum atomic E-state index is 6.07. The van der Waals surface area contributed by atoms with Gasteiger partial charge < -0.3 is 10.3 Å². The molecule has 2 N–H and O–H groups in total. The van der Waals surface area contributed by atoms with Crippen molar-refractivity contribution in [2.45, 2.75) is 38.3 Å². The van der Waals surface area contributed by atoms with E-state index < -0.39 is 0 Å². The molecular weight excluding hydrogens is 276 g/mol. The van der Waals surface area contributed by atoms with E-state index in [9.17, 15) is 0 Å². The van der Waals surface area contributed by atoms with Crippen molar-refractivity contribution in [2.24, 2.45) is 5.73 Å². The van der Waals surface area contributed by atoms with Gasteiger partial charge in [0.2, 0.25) is 0 Å². The first kappa shape index (κ1) is 11.3. The molecule has 0 radical (unpaired) electrons. The Morgan fingerprint density at radius 1 is 1.41 bits per heavy atom. The van der Waals surface area contributed by atoms with Crippen LogP contribution in [0.2, 0.25) is 0 Å². The summed E-state index contributed by atoms with van der Waals surface area (Å²) in [6, 6.07) is 7.26. The quantitative estimate of drug-likeness (QED) is 0.886. The zero-order valence-electron chi connectivity index (χ0n) is 9.99. The molecule has 2 aromatic rings. The van der Waals surface area contributed by atoms with Crippen molar-refractivity contribution in [2.75, 3.05) is 0 Å². The van der Waals surface area contributed by atoms with Crippen molar-refractivity contribution in [1.82, 2.24) is 4.57 Å². The second kappa shape index (κ2) is 4.14. The number of halogens is 1. The maximum absolute atomic E-state index is 6.07. The average molecular weight is 293 g/mol. The summed E-state index contributed by atoms with van der Waals surface area (Å²) in [4.78, 5) is 0. The van der Waals surface area contributed by atoms with Crippen molar-refractivity contribution >= 4 is 26.8 Å². The lowest BCUT2D eigenvalue weighted by Gasteiger charge is -2.28. The Labute approximate surface area is 110 Å². The minimum atomic E-state index is 0.0972. The summed E-state index contributed by atoms with van der Waals surface area (Å²) in [6.07, 6.45) is 6.21. The largest absolute Gasteiger partial charge is 0.344 e. The van der Waals surface area contributed by atoms with Gasteiger partial charge >= 0.3 is 0 Å². The van der Waals surface area contributed by atoms with E-state index >= 15 is 0 Å². The molecule has 1 aromatic carbocycles. The van der Waals surface area contributed by atoms with Crippen molar-refractivity contribution in [3.05, 3.63) is 34.4 Å². The van der Waals surface area contributed by atoms with E-state index in [-0.39, 0.29) is 6.04 Å². The van der Waals surface area contributed by atoms with Crippen LogP contribution in [0, 0.1) is 0 Å². The van der Waals surface area contributed by atoms with Gasteiger partial charge in [-0.3, -0.25) is 0 Å². The second-order valence-corrected chi connectivity index (χ2v) is 5.94. The summed E-state index contributed by atoms with van der Waals surface area (Å²) >= 11 is 3.56. The van der Waals surface area contributed by atoms with Gasteiger partial charge in [-0.15, -0.1) is 0 Å². The van der Waals surface area contributed by atoms with E-state index in [4.69, 9.17) is 5.73 Å². The predicted molar refractivity (Wildman–Crippen MR) is 75.1 cm³/mol. The van der Waals surface area contributed by atoms with Gasteiger partial charge in [0, 0.05) is 33.7 Å². The molecule has 0 spiro atoms.